The normalized spacial score (nSPS) is 11.3. The fourth-order valence-electron chi connectivity index (χ4n) is 2.10. The van der Waals surface area contributed by atoms with Crippen LogP contribution < -0.4 is 5.32 Å². The van der Waals surface area contributed by atoms with Gasteiger partial charge in [-0.2, -0.15) is 5.10 Å². The lowest BCUT2D eigenvalue weighted by atomic mass is 10.1. The molecule has 2 rings (SSSR count). The lowest BCUT2D eigenvalue weighted by Crippen LogP contribution is -2.19. The summed E-state index contributed by atoms with van der Waals surface area (Å²) >= 11 is 0. The first kappa shape index (κ1) is 14.7. The van der Waals surface area contributed by atoms with Crippen molar-refractivity contribution in [1.82, 2.24) is 15.1 Å². The molecule has 20 heavy (non-hydrogen) atoms. The number of nitrogens with one attached hydrogen (secondary N) is 1. The Bertz CT molecular complexity index is 571. The minimum Gasteiger partial charge on any atom is -0.312 e. The van der Waals surface area contributed by atoms with Crippen LogP contribution in [0.5, 0.6) is 0 Å². The summed E-state index contributed by atoms with van der Waals surface area (Å²) < 4.78 is 28.3. The predicted octanol–water partition coefficient (Wildman–Crippen LogP) is 3.11. The van der Waals surface area contributed by atoms with Crippen LogP contribution in [0.4, 0.5) is 8.78 Å². The highest BCUT2D eigenvalue weighted by Gasteiger charge is 2.12. The van der Waals surface area contributed by atoms with Crippen molar-refractivity contribution in [3.63, 3.8) is 0 Å². The van der Waals surface area contributed by atoms with Gasteiger partial charge in [-0.15, -0.1) is 0 Å². The minimum atomic E-state index is -0.591. The number of hydrogen-bond donors (Lipinski definition) is 1. The van der Waals surface area contributed by atoms with Crippen LogP contribution in [0.15, 0.2) is 24.4 Å². The highest BCUT2D eigenvalue weighted by molar-refractivity contribution is 5.62. The maximum absolute atomic E-state index is 13.3. The smallest absolute Gasteiger partial charge is 0.126 e. The molecule has 0 amide bonds. The van der Waals surface area contributed by atoms with E-state index in [1.54, 1.807) is 11.7 Å². The van der Waals surface area contributed by atoms with Gasteiger partial charge in [0, 0.05) is 37.0 Å². The van der Waals surface area contributed by atoms with E-state index in [2.05, 4.69) is 24.3 Å². The zero-order valence-electron chi connectivity index (χ0n) is 12.0. The van der Waals surface area contributed by atoms with E-state index in [0.717, 1.165) is 18.2 Å². The van der Waals surface area contributed by atoms with E-state index in [-0.39, 0.29) is 0 Å². The van der Waals surface area contributed by atoms with E-state index >= 15 is 0 Å². The number of benzene rings is 1. The van der Waals surface area contributed by atoms with E-state index < -0.39 is 11.6 Å². The summed E-state index contributed by atoms with van der Waals surface area (Å²) in [4.78, 5) is 0. The summed E-state index contributed by atoms with van der Waals surface area (Å²) in [5.74, 6) is -0.639. The molecular formula is C15H19F2N3. The van der Waals surface area contributed by atoms with Gasteiger partial charge in [-0.1, -0.05) is 13.8 Å². The molecule has 0 atom stereocenters. The van der Waals surface area contributed by atoms with Gasteiger partial charge in [0.15, 0.2) is 0 Å². The van der Waals surface area contributed by atoms with Gasteiger partial charge in [0.2, 0.25) is 0 Å². The maximum atomic E-state index is 13.3. The van der Waals surface area contributed by atoms with Gasteiger partial charge in [-0.05, 0) is 24.6 Å². The van der Waals surface area contributed by atoms with Crippen LogP contribution in [-0.4, -0.2) is 16.3 Å². The summed E-state index contributed by atoms with van der Waals surface area (Å²) in [5.41, 5.74) is 2.00. The second-order valence-electron chi connectivity index (χ2n) is 5.36. The average Bonchev–Trinajstić information content (AvgIpc) is 2.69. The zero-order chi connectivity index (χ0) is 14.7. The van der Waals surface area contributed by atoms with E-state index in [9.17, 15) is 8.78 Å². The van der Waals surface area contributed by atoms with Crippen molar-refractivity contribution >= 4 is 0 Å². The Balaban J connectivity index is 2.26. The molecule has 0 unspecified atom stereocenters. The molecule has 1 N–H and O–H groups in total. The third kappa shape index (κ3) is 3.63. The first-order valence-corrected chi connectivity index (χ1v) is 6.65. The van der Waals surface area contributed by atoms with Gasteiger partial charge in [-0.25, -0.2) is 8.78 Å². The highest BCUT2D eigenvalue weighted by Crippen LogP contribution is 2.23. The van der Waals surface area contributed by atoms with Crippen molar-refractivity contribution in [2.24, 2.45) is 13.0 Å². The van der Waals surface area contributed by atoms with Crippen molar-refractivity contribution in [1.29, 1.82) is 0 Å². The Morgan fingerprint density at radius 3 is 2.45 bits per heavy atom. The fourth-order valence-corrected chi connectivity index (χ4v) is 2.10. The number of hydrogen-bond acceptors (Lipinski definition) is 2. The van der Waals surface area contributed by atoms with Crippen LogP contribution in [0.2, 0.25) is 0 Å². The Labute approximate surface area is 117 Å². The number of rotatable bonds is 5. The first-order chi connectivity index (χ1) is 9.45. The molecule has 0 radical (unpaired) electrons. The molecule has 0 aliphatic carbocycles. The SMILES string of the molecule is CC(C)CNCc1cn(C)nc1-c1cc(F)cc(F)c1. The van der Waals surface area contributed by atoms with Crippen LogP contribution >= 0.6 is 0 Å². The molecule has 0 bridgehead atoms. The monoisotopic (exact) mass is 279 g/mol. The van der Waals surface area contributed by atoms with Crippen molar-refractivity contribution < 1.29 is 8.78 Å². The third-order valence-corrected chi connectivity index (χ3v) is 2.91. The summed E-state index contributed by atoms with van der Waals surface area (Å²) in [6.45, 7) is 5.75. The molecule has 1 aromatic heterocycles. The Kier molecular flexibility index (Phi) is 4.49. The number of aryl methyl sites for hydroxylation is 1. The molecule has 3 nitrogen and oxygen atoms in total. The molecule has 0 saturated heterocycles. The van der Waals surface area contributed by atoms with Gasteiger partial charge in [0.1, 0.15) is 11.6 Å². The molecular weight excluding hydrogens is 260 g/mol. The molecule has 0 aliphatic rings. The molecule has 0 fully saturated rings. The molecule has 0 saturated carbocycles. The van der Waals surface area contributed by atoms with Crippen LogP contribution in [0, 0.1) is 17.6 Å². The molecule has 108 valence electrons. The van der Waals surface area contributed by atoms with Gasteiger partial charge in [0.05, 0.1) is 5.69 Å². The molecule has 5 heteroatoms. The Hall–Kier alpha value is -1.75. The maximum Gasteiger partial charge on any atom is 0.126 e. The molecule has 0 aliphatic heterocycles. The molecule has 1 aromatic carbocycles. The Morgan fingerprint density at radius 1 is 1.20 bits per heavy atom. The average molecular weight is 279 g/mol. The van der Waals surface area contributed by atoms with Crippen LogP contribution in [0.25, 0.3) is 11.3 Å². The lowest BCUT2D eigenvalue weighted by molar-refractivity contribution is 0.552. The van der Waals surface area contributed by atoms with Gasteiger partial charge in [-0.3, -0.25) is 4.68 Å². The summed E-state index contributed by atoms with van der Waals surface area (Å²) in [7, 11) is 1.80. The standard InChI is InChI=1S/C15H19F2N3/c1-10(2)7-18-8-12-9-20(3)19-15(12)11-4-13(16)6-14(17)5-11/h4-6,9-10,18H,7-8H2,1-3H3. The van der Waals surface area contributed by atoms with Crippen molar-refractivity contribution in [3.05, 3.63) is 41.6 Å². The van der Waals surface area contributed by atoms with Crippen molar-refractivity contribution in [2.75, 3.05) is 6.54 Å². The number of halogens is 2. The van der Waals surface area contributed by atoms with E-state index in [1.807, 2.05) is 6.20 Å². The molecule has 0 spiro atoms. The van der Waals surface area contributed by atoms with Gasteiger partial charge in [0.25, 0.3) is 0 Å². The summed E-state index contributed by atoms with van der Waals surface area (Å²) in [5, 5.41) is 7.62. The largest absolute Gasteiger partial charge is 0.312 e. The highest BCUT2D eigenvalue weighted by atomic mass is 19.1. The number of nitrogens with zero attached hydrogens (tertiary/aromatic N) is 2. The van der Waals surface area contributed by atoms with Gasteiger partial charge < -0.3 is 5.32 Å². The van der Waals surface area contributed by atoms with E-state index in [0.29, 0.717) is 23.7 Å². The summed E-state index contributed by atoms with van der Waals surface area (Å²) in [6.07, 6.45) is 1.87. The number of aromatic nitrogens is 2. The van der Waals surface area contributed by atoms with E-state index in [1.165, 1.54) is 12.1 Å². The third-order valence-electron chi connectivity index (χ3n) is 2.91. The van der Waals surface area contributed by atoms with Crippen LogP contribution in [-0.2, 0) is 13.6 Å². The predicted molar refractivity (Wildman–Crippen MR) is 75.1 cm³/mol. The Morgan fingerprint density at radius 2 is 1.85 bits per heavy atom. The second-order valence-corrected chi connectivity index (χ2v) is 5.36. The molecule has 1 heterocycles. The van der Waals surface area contributed by atoms with Crippen LogP contribution in [0.1, 0.15) is 19.4 Å². The van der Waals surface area contributed by atoms with Crippen LogP contribution in [0.3, 0.4) is 0 Å². The fraction of sp³-hybridized carbons (Fsp3) is 0.400. The topological polar surface area (TPSA) is 29.9 Å². The quantitative estimate of drug-likeness (QED) is 0.911. The first-order valence-electron chi connectivity index (χ1n) is 6.65. The van der Waals surface area contributed by atoms with E-state index in [4.69, 9.17) is 0 Å². The van der Waals surface area contributed by atoms with Crippen molar-refractivity contribution in [2.45, 2.75) is 20.4 Å². The minimum absolute atomic E-state index is 0.462. The van der Waals surface area contributed by atoms with Gasteiger partial charge >= 0.3 is 0 Å². The molecule has 2 aromatic rings. The second kappa shape index (κ2) is 6.13. The summed E-state index contributed by atoms with van der Waals surface area (Å²) in [6, 6.07) is 3.47. The zero-order valence-corrected chi connectivity index (χ0v) is 12.0. The van der Waals surface area contributed by atoms with Crippen molar-refractivity contribution in [3.8, 4) is 11.3 Å². The lowest BCUT2D eigenvalue weighted by Gasteiger charge is -2.07.